The molecule has 1 aliphatic carbocycles. The Morgan fingerprint density at radius 2 is 1.29 bits per heavy atom. The molecule has 1 heterocycles. The summed E-state index contributed by atoms with van der Waals surface area (Å²) in [5, 5.41) is 3.70. The van der Waals surface area contributed by atoms with Gasteiger partial charge < -0.3 is 15.0 Å². The molecule has 1 N–H and O–H groups in total. The first-order chi connectivity index (χ1) is 20.0. The maximum atomic E-state index is 13.1. The van der Waals surface area contributed by atoms with Crippen molar-refractivity contribution >= 4 is 0 Å². The van der Waals surface area contributed by atoms with Gasteiger partial charge in [-0.1, -0.05) is 103 Å². The molecule has 4 aromatic carbocycles. The van der Waals surface area contributed by atoms with Gasteiger partial charge in [0, 0.05) is 11.4 Å². The average Bonchev–Trinajstić information content (AvgIpc) is 3.43. The van der Waals surface area contributed by atoms with Crippen LogP contribution in [-0.4, -0.2) is 18.2 Å². The van der Waals surface area contributed by atoms with Crippen molar-refractivity contribution in [3.63, 3.8) is 0 Å². The zero-order valence-electron chi connectivity index (χ0n) is 22.8. The van der Waals surface area contributed by atoms with E-state index in [4.69, 9.17) is 4.74 Å². The number of benzene rings is 4. The van der Waals surface area contributed by atoms with Gasteiger partial charge in [-0.05, 0) is 59.6 Å². The van der Waals surface area contributed by atoms with E-state index in [1.54, 1.807) is 6.07 Å². The fourth-order valence-electron chi connectivity index (χ4n) is 6.37. The standard InChI is InChI=1S/C35H33F3N2O/c36-35(37,38)31-18-10-11-26(21-31)23-41-24-27-19-20-32-33(22-27)40(25-39-32)34(28-12-4-1-5-13-28,29-14-6-2-7-15-29)30-16-8-3-9-17-30/h1-18,21,27,39H,19-20,22-25H2. The van der Waals surface area contributed by atoms with Crippen LogP contribution >= 0.6 is 0 Å². The van der Waals surface area contributed by atoms with Gasteiger partial charge in [-0.25, -0.2) is 0 Å². The monoisotopic (exact) mass is 554 g/mol. The molecule has 1 aliphatic heterocycles. The van der Waals surface area contributed by atoms with Crippen LogP contribution in [-0.2, 0) is 23.1 Å². The van der Waals surface area contributed by atoms with Gasteiger partial charge in [0.25, 0.3) is 0 Å². The molecule has 210 valence electrons. The minimum atomic E-state index is -4.36. The summed E-state index contributed by atoms with van der Waals surface area (Å²) in [5.74, 6) is 0.266. The molecule has 0 radical (unpaired) electrons. The second-order valence-electron chi connectivity index (χ2n) is 10.8. The van der Waals surface area contributed by atoms with Gasteiger partial charge in [0.1, 0.15) is 5.54 Å². The van der Waals surface area contributed by atoms with Crippen LogP contribution in [0.15, 0.2) is 127 Å². The van der Waals surface area contributed by atoms with Gasteiger partial charge in [-0.3, -0.25) is 0 Å². The number of alkyl halides is 3. The summed E-state index contributed by atoms with van der Waals surface area (Å²) < 4.78 is 45.5. The summed E-state index contributed by atoms with van der Waals surface area (Å²) in [6, 6.07) is 37.4. The molecular formula is C35H33F3N2O. The summed E-state index contributed by atoms with van der Waals surface area (Å²) in [4.78, 5) is 2.52. The van der Waals surface area contributed by atoms with E-state index >= 15 is 0 Å². The first kappa shape index (κ1) is 27.2. The maximum absolute atomic E-state index is 13.1. The SMILES string of the molecule is FC(F)(F)c1cccc(COCC2CCC3=C(C2)N(C(c2ccccc2)(c2ccccc2)c2ccccc2)CN3)c1. The highest BCUT2D eigenvalue weighted by molar-refractivity contribution is 5.51. The molecule has 0 saturated carbocycles. The minimum absolute atomic E-state index is 0.163. The molecule has 6 heteroatoms. The van der Waals surface area contributed by atoms with Crippen LogP contribution in [0, 0.1) is 5.92 Å². The van der Waals surface area contributed by atoms with Gasteiger partial charge in [-0.15, -0.1) is 0 Å². The van der Waals surface area contributed by atoms with Crippen LogP contribution in [0.25, 0.3) is 0 Å². The van der Waals surface area contributed by atoms with E-state index in [9.17, 15) is 13.2 Å². The molecule has 0 spiro atoms. The summed E-state index contributed by atoms with van der Waals surface area (Å²) in [6.45, 7) is 1.34. The van der Waals surface area contributed by atoms with E-state index in [-0.39, 0.29) is 12.5 Å². The van der Waals surface area contributed by atoms with Crippen LogP contribution in [0.2, 0.25) is 0 Å². The molecule has 0 bridgehead atoms. The number of halogens is 3. The van der Waals surface area contributed by atoms with Crippen LogP contribution in [0.5, 0.6) is 0 Å². The van der Waals surface area contributed by atoms with Crippen molar-refractivity contribution in [2.24, 2.45) is 5.92 Å². The number of nitrogens with one attached hydrogen (secondary N) is 1. The average molecular weight is 555 g/mol. The van der Waals surface area contributed by atoms with Crippen LogP contribution in [0.1, 0.15) is 47.1 Å². The lowest BCUT2D eigenvalue weighted by atomic mass is 9.74. The smallest absolute Gasteiger partial charge is 0.376 e. The van der Waals surface area contributed by atoms with Gasteiger partial charge in [-0.2, -0.15) is 13.2 Å². The second kappa shape index (κ2) is 11.5. The summed E-state index contributed by atoms with van der Waals surface area (Å²) in [5.41, 5.74) is 5.47. The number of ether oxygens (including phenoxy) is 1. The molecule has 6 rings (SSSR count). The van der Waals surface area contributed by atoms with Crippen molar-refractivity contribution in [1.29, 1.82) is 0 Å². The second-order valence-corrected chi connectivity index (χ2v) is 10.8. The van der Waals surface area contributed by atoms with E-state index < -0.39 is 17.3 Å². The predicted octanol–water partition coefficient (Wildman–Crippen LogP) is 8.09. The number of allylic oxidation sites excluding steroid dienone is 2. The highest BCUT2D eigenvalue weighted by atomic mass is 19.4. The predicted molar refractivity (Wildman–Crippen MR) is 155 cm³/mol. The number of hydrogen-bond donors (Lipinski definition) is 1. The molecular weight excluding hydrogens is 521 g/mol. The topological polar surface area (TPSA) is 24.5 Å². The third-order valence-corrected chi connectivity index (χ3v) is 8.27. The maximum Gasteiger partial charge on any atom is 0.416 e. The highest BCUT2D eigenvalue weighted by Gasteiger charge is 2.46. The highest BCUT2D eigenvalue weighted by Crippen LogP contribution is 2.48. The Morgan fingerprint density at radius 1 is 0.732 bits per heavy atom. The Kier molecular flexibility index (Phi) is 7.59. The van der Waals surface area contributed by atoms with Gasteiger partial charge in [0.15, 0.2) is 0 Å². The fraction of sp³-hybridized carbons (Fsp3) is 0.257. The Morgan fingerprint density at radius 3 is 1.85 bits per heavy atom. The molecule has 0 aromatic heterocycles. The first-order valence-corrected chi connectivity index (χ1v) is 14.1. The van der Waals surface area contributed by atoms with Gasteiger partial charge >= 0.3 is 6.18 Å². The Hall–Kier alpha value is -4.03. The van der Waals surface area contributed by atoms with Crippen molar-refractivity contribution in [3.05, 3.63) is 154 Å². The van der Waals surface area contributed by atoms with E-state index in [2.05, 4.69) is 101 Å². The van der Waals surface area contributed by atoms with E-state index in [1.165, 1.54) is 40.2 Å². The van der Waals surface area contributed by atoms with E-state index in [0.717, 1.165) is 25.3 Å². The van der Waals surface area contributed by atoms with Gasteiger partial charge in [0.05, 0.1) is 25.4 Å². The van der Waals surface area contributed by atoms with Crippen molar-refractivity contribution in [3.8, 4) is 0 Å². The quantitative estimate of drug-likeness (QED) is 0.223. The van der Waals surface area contributed by atoms with Crippen molar-refractivity contribution < 1.29 is 17.9 Å². The van der Waals surface area contributed by atoms with Crippen LogP contribution < -0.4 is 5.32 Å². The summed E-state index contributed by atoms with van der Waals surface area (Å²) >= 11 is 0. The summed E-state index contributed by atoms with van der Waals surface area (Å²) in [6.07, 6.45) is -1.64. The first-order valence-electron chi connectivity index (χ1n) is 14.1. The molecule has 0 amide bonds. The minimum Gasteiger partial charge on any atom is -0.376 e. The lowest BCUT2D eigenvalue weighted by Crippen LogP contribution is -2.48. The number of hydrogen-bond acceptors (Lipinski definition) is 3. The molecule has 1 unspecified atom stereocenters. The molecule has 0 fully saturated rings. The lowest BCUT2D eigenvalue weighted by molar-refractivity contribution is -0.137. The van der Waals surface area contributed by atoms with Crippen LogP contribution in [0.3, 0.4) is 0 Å². The molecule has 3 nitrogen and oxygen atoms in total. The third-order valence-electron chi connectivity index (χ3n) is 8.27. The molecule has 2 aliphatic rings. The van der Waals surface area contributed by atoms with Crippen molar-refractivity contribution in [2.75, 3.05) is 13.3 Å². The Bertz CT molecular complexity index is 1390. The normalized spacial score (nSPS) is 17.3. The Balaban J connectivity index is 1.29. The molecule has 4 aromatic rings. The van der Waals surface area contributed by atoms with E-state index in [0.29, 0.717) is 18.8 Å². The van der Waals surface area contributed by atoms with Crippen molar-refractivity contribution in [1.82, 2.24) is 10.2 Å². The van der Waals surface area contributed by atoms with Crippen molar-refractivity contribution in [2.45, 2.75) is 37.6 Å². The third kappa shape index (κ3) is 5.36. The fourth-order valence-corrected chi connectivity index (χ4v) is 6.37. The largest absolute Gasteiger partial charge is 0.416 e. The molecule has 41 heavy (non-hydrogen) atoms. The molecule has 1 atom stereocenters. The number of rotatable bonds is 8. The Labute approximate surface area is 239 Å². The number of nitrogens with zero attached hydrogens (tertiary/aromatic N) is 1. The van der Waals surface area contributed by atoms with Crippen LogP contribution in [0.4, 0.5) is 13.2 Å². The zero-order chi connectivity index (χ0) is 28.3. The molecule has 0 saturated heterocycles. The summed E-state index contributed by atoms with van der Waals surface area (Å²) in [7, 11) is 0. The van der Waals surface area contributed by atoms with E-state index in [1.807, 2.05) is 0 Å². The van der Waals surface area contributed by atoms with Gasteiger partial charge in [0.2, 0.25) is 0 Å². The zero-order valence-corrected chi connectivity index (χ0v) is 22.8. The lowest BCUT2D eigenvalue weighted by Gasteiger charge is -2.46.